The molecule has 0 aromatic heterocycles. The standard InChI is InChI=1S/C17H17F3N2/c1-22-10-9-21-16(12-5-3-2-4-6-12)14-11-13(17(18,19)20)7-8-15(14)22/h2-8,11,16,21H,9-10H2,1H3. The Labute approximate surface area is 127 Å². The quantitative estimate of drug-likeness (QED) is 0.861. The van der Waals surface area contributed by atoms with Gasteiger partial charge in [0.1, 0.15) is 0 Å². The summed E-state index contributed by atoms with van der Waals surface area (Å²) in [6, 6.07) is 13.3. The minimum Gasteiger partial charge on any atom is -0.373 e. The molecular weight excluding hydrogens is 289 g/mol. The van der Waals surface area contributed by atoms with E-state index in [0.29, 0.717) is 12.1 Å². The van der Waals surface area contributed by atoms with Crippen molar-refractivity contribution >= 4 is 5.69 Å². The molecule has 1 atom stereocenters. The number of halogens is 3. The number of hydrogen-bond donors (Lipinski definition) is 1. The zero-order valence-corrected chi connectivity index (χ0v) is 12.2. The molecule has 0 aliphatic carbocycles. The second kappa shape index (κ2) is 5.65. The van der Waals surface area contributed by atoms with E-state index >= 15 is 0 Å². The van der Waals surface area contributed by atoms with Crippen LogP contribution in [0, 0.1) is 0 Å². The Hall–Kier alpha value is -2.01. The highest BCUT2D eigenvalue weighted by Gasteiger charge is 2.33. The van der Waals surface area contributed by atoms with Gasteiger partial charge in [-0.1, -0.05) is 30.3 Å². The molecule has 22 heavy (non-hydrogen) atoms. The lowest BCUT2D eigenvalue weighted by atomic mass is 9.95. The van der Waals surface area contributed by atoms with Crippen LogP contribution in [0.3, 0.4) is 0 Å². The predicted octanol–water partition coefficient (Wildman–Crippen LogP) is 3.83. The lowest BCUT2D eigenvalue weighted by molar-refractivity contribution is -0.137. The van der Waals surface area contributed by atoms with Gasteiger partial charge in [-0.3, -0.25) is 0 Å². The number of likely N-dealkylation sites (N-methyl/N-ethyl adjacent to an activating group) is 1. The maximum Gasteiger partial charge on any atom is 0.416 e. The van der Waals surface area contributed by atoms with Crippen LogP contribution in [0.4, 0.5) is 18.9 Å². The summed E-state index contributed by atoms with van der Waals surface area (Å²) in [5, 5.41) is 3.35. The molecule has 1 aliphatic rings. The smallest absolute Gasteiger partial charge is 0.373 e. The van der Waals surface area contributed by atoms with Gasteiger partial charge in [0.25, 0.3) is 0 Å². The molecule has 0 radical (unpaired) electrons. The Morgan fingerprint density at radius 1 is 1.09 bits per heavy atom. The zero-order valence-electron chi connectivity index (χ0n) is 12.2. The van der Waals surface area contributed by atoms with Crippen molar-refractivity contribution in [2.24, 2.45) is 0 Å². The van der Waals surface area contributed by atoms with Crippen molar-refractivity contribution in [3.8, 4) is 0 Å². The molecule has 1 aliphatic heterocycles. The average Bonchev–Trinajstić information content (AvgIpc) is 2.66. The van der Waals surface area contributed by atoms with E-state index in [9.17, 15) is 13.2 Å². The fourth-order valence-corrected chi connectivity index (χ4v) is 2.86. The summed E-state index contributed by atoms with van der Waals surface area (Å²) >= 11 is 0. The normalized spacial score (nSPS) is 18.7. The number of hydrogen-bond acceptors (Lipinski definition) is 2. The largest absolute Gasteiger partial charge is 0.416 e. The fourth-order valence-electron chi connectivity index (χ4n) is 2.86. The summed E-state index contributed by atoms with van der Waals surface area (Å²) in [4.78, 5) is 1.99. The molecule has 116 valence electrons. The molecule has 1 unspecified atom stereocenters. The average molecular weight is 306 g/mol. The number of alkyl halides is 3. The van der Waals surface area contributed by atoms with Crippen LogP contribution >= 0.6 is 0 Å². The van der Waals surface area contributed by atoms with Crippen LogP contribution in [0.2, 0.25) is 0 Å². The van der Waals surface area contributed by atoms with Crippen molar-refractivity contribution < 1.29 is 13.2 Å². The lowest BCUT2D eigenvalue weighted by Crippen LogP contribution is -2.26. The van der Waals surface area contributed by atoms with Crippen LogP contribution in [0.25, 0.3) is 0 Å². The molecule has 2 nitrogen and oxygen atoms in total. The van der Waals surface area contributed by atoms with Crippen molar-refractivity contribution in [1.82, 2.24) is 5.32 Å². The minimum atomic E-state index is -4.33. The van der Waals surface area contributed by atoms with Crippen LogP contribution in [0.1, 0.15) is 22.7 Å². The van der Waals surface area contributed by atoms with E-state index in [0.717, 1.165) is 23.9 Å². The highest BCUT2D eigenvalue weighted by Crippen LogP contribution is 2.37. The van der Waals surface area contributed by atoms with Gasteiger partial charge in [0.15, 0.2) is 0 Å². The molecule has 0 spiro atoms. The van der Waals surface area contributed by atoms with E-state index in [1.807, 2.05) is 42.3 Å². The second-order valence-corrected chi connectivity index (χ2v) is 5.49. The zero-order chi connectivity index (χ0) is 15.7. The maximum atomic E-state index is 13.1. The predicted molar refractivity (Wildman–Crippen MR) is 81.0 cm³/mol. The van der Waals surface area contributed by atoms with Gasteiger partial charge < -0.3 is 10.2 Å². The molecular formula is C17H17F3N2. The van der Waals surface area contributed by atoms with Crippen molar-refractivity contribution in [3.05, 3.63) is 65.2 Å². The van der Waals surface area contributed by atoms with Crippen molar-refractivity contribution in [2.45, 2.75) is 12.2 Å². The Balaban J connectivity index is 2.13. The summed E-state index contributed by atoms with van der Waals surface area (Å²) in [6.07, 6.45) is -4.33. The lowest BCUT2D eigenvalue weighted by Gasteiger charge is -2.23. The first kappa shape index (κ1) is 14.9. The topological polar surface area (TPSA) is 15.3 Å². The number of benzene rings is 2. The molecule has 2 aromatic carbocycles. The molecule has 1 N–H and O–H groups in total. The number of nitrogens with zero attached hydrogens (tertiary/aromatic N) is 1. The number of fused-ring (bicyclic) bond motifs is 1. The SMILES string of the molecule is CN1CCNC(c2ccccc2)c2cc(C(F)(F)F)ccc21. The molecule has 1 heterocycles. The van der Waals surface area contributed by atoms with Gasteiger partial charge in [0.2, 0.25) is 0 Å². The third kappa shape index (κ3) is 2.81. The van der Waals surface area contributed by atoms with E-state index in [2.05, 4.69) is 5.32 Å². The van der Waals surface area contributed by atoms with Crippen molar-refractivity contribution in [2.75, 3.05) is 25.0 Å². The van der Waals surface area contributed by atoms with E-state index in [-0.39, 0.29) is 6.04 Å². The molecule has 0 fully saturated rings. The van der Waals surface area contributed by atoms with Crippen molar-refractivity contribution in [3.63, 3.8) is 0 Å². The fraction of sp³-hybridized carbons (Fsp3) is 0.294. The molecule has 2 aromatic rings. The van der Waals surface area contributed by atoms with E-state index < -0.39 is 11.7 Å². The minimum absolute atomic E-state index is 0.233. The van der Waals surface area contributed by atoms with Crippen LogP contribution in [-0.2, 0) is 6.18 Å². The molecule has 0 amide bonds. The van der Waals surface area contributed by atoms with Crippen LogP contribution < -0.4 is 10.2 Å². The molecule has 3 rings (SSSR count). The molecule has 0 saturated heterocycles. The first-order valence-corrected chi connectivity index (χ1v) is 7.17. The highest BCUT2D eigenvalue weighted by atomic mass is 19.4. The third-order valence-corrected chi connectivity index (χ3v) is 4.01. The van der Waals surface area contributed by atoms with Gasteiger partial charge in [-0.05, 0) is 29.3 Å². The van der Waals surface area contributed by atoms with Crippen LogP contribution in [0.5, 0.6) is 0 Å². The van der Waals surface area contributed by atoms with Crippen LogP contribution in [-0.4, -0.2) is 20.1 Å². The summed E-state index contributed by atoms with van der Waals surface area (Å²) < 4.78 is 39.2. The van der Waals surface area contributed by atoms with Gasteiger partial charge in [0.05, 0.1) is 11.6 Å². The molecule has 0 bridgehead atoms. The monoisotopic (exact) mass is 306 g/mol. The second-order valence-electron chi connectivity index (χ2n) is 5.49. The summed E-state index contributed by atoms with van der Waals surface area (Å²) in [7, 11) is 1.90. The van der Waals surface area contributed by atoms with Gasteiger partial charge in [0, 0.05) is 25.8 Å². The van der Waals surface area contributed by atoms with E-state index in [1.165, 1.54) is 6.07 Å². The van der Waals surface area contributed by atoms with Gasteiger partial charge in [-0.15, -0.1) is 0 Å². The first-order valence-electron chi connectivity index (χ1n) is 7.17. The summed E-state index contributed by atoms with van der Waals surface area (Å²) in [6.45, 7) is 1.47. The summed E-state index contributed by atoms with van der Waals surface area (Å²) in [5.74, 6) is 0. The Kier molecular flexibility index (Phi) is 3.83. The highest BCUT2D eigenvalue weighted by molar-refractivity contribution is 5.59. The van der Waals surface area contributed by atoms with E-state index in [4.69, 9.17) is 0 Å². The van der Waals surface area contributed by atoms with Gasteiger partial charge in [-0.2, -0.15) is 13.2 Å². The summed E-state index contributed by atoms with van der Waals surface area (Å²) in [5.41, 5.74) is 1.87. The first-order chi connectivity index (χ1) is 10.5. The van der Waals surface area contributed by atoms with Crippen molar-refractivity contribution in [1.29, 1.82) is 0 Å². The number of rotatable bonds is 1. The number of nitrogens with one attached hydrogen (secondary N) is 1. The third-order valence-electron chi connectivity index (χ3n) is 4.01. The van der Waals surface area contributed by atoms with Gasteiger partial charge in [-0.25, -0.2) is 0 Å². The maximum absolute atomic E-state index is 13.1. The Bertz CT molecular complexity index is 653. The van der Waals surface area contributed by atoms with E-state index in [1.54, 1.807) is 6.07 Å². The Morgan fingerprint density at radius 2 is 1.82 bits per heavy atom. The molecule has 0 saturated carbocycles. The van der Waals surface area contributed by atoms with Gasteiger partial charge >= 0.3 is 6.18 Å². The van der Waals surface area contributed by atoms with Crippen LogP contribution in [0.15, 0.2) is 48.5 Å². The Morgan fingerprint density at radius 3 is 2.50 bits per heavy atom. The molecule has 5 heteroatoms. The number of anilines is 1.